The van der Waals surface area contributed by atoms with E-state index in [4.69, 9.17) is 4.74 Å². The highest BCUT2D eigenvalue weighted by molar-refractivity contribution is 5.89. The summed E-state index contributed by atoms with van der Waals surface area (Å²) in [6, 6.07) is 8.95. The van der Waals surface area contributed by atoms with Crippen molar-refractivity contribution in [3.8, 4) is 0 Å². The van der Waals surface area contributed by atoms with Gasteiger partial charge in [-0.25, -0.2) is 4.79 Å². The van der Waals surface area contributed by atoms with Crippen molar-refractivity contribution in [3.63, 3.8) is 0 Å². The molecule has 0 spiro atoms. The van der Waals surface area contributed by atoms with Crippen LogP contribution in [0.4, 0.5) is 0 Å². The molecule has 0 heterocycles. The van der Waals surface area contributed by atoms with Crippen molar-refractivity contribution in [1.29, 1.82) is 0 Å². The molecule has 0 aliphatic heterocycles. The summed E-state index contributed by atoms with van der Waals surface area (Å²) in [7, 11) is 0. The number of hydrogen-bond donors (Lipinski definition) is 0. The Kier molecular flexibility index (Phi) is 3.50. The van der Waals surface area contributed by atoms with Crippen LogP contribution in [0.2, 0.25) is 0 Å². The number of carbonyl (C=O) groups is 1. The van der Waals surface area contributed by atoms with Crippen molar-refractivity contribution >= 4 is 5.97 Å². The first-order valence-electron chi connectivity index (χ1n) is 4.29. The highest BCUT2D eigenvalue weighted by Gasteiger charge is 2.06. The smallest absolute Gasteiger partial charge is 0.338 e. The molecule has 0 saturated heterocycles. The van der Waals surface area contributed by atoms with Crippen LogP contribution >= 0.6 is 0 Å². The summed E-state index contributed by atoms with van der Waals surface area (Å²) < 4.78 is 4.93. The van der Waals surface area contributed by atoms with Gasteiger partial charge in [-0.15, -0.1) is 0 Å². The summed E-state index contributed by atoms with van der Waals surface area (Å²) in [4.78, 5) is 11.3. The molecular weight excluding hydrogens is 164 g/mol. The minimum absolute atomic E-state index is 0.257. The van der Waals surface area contributed by atoms with E-state index in [1.54, 1.807) is 12.1 Å². The second-order valence-corrected chi connectivity index (χ2v) is 3.15. The van der Waals surface area contributed by atoms with E-state index in [-0.39, 0.29) is 11.9 Å². The molecule has 0 aliphatic rings. The van der Waals surface area contributed by atoms with Crippen molar-refractivity contribution in [2.75, 3.05) is 0 Å². The molecule has 1 aromatic carbocycles. The summed E-state index contributed by atoms with van der Waals surface area (Å²) in [5.41, 5.74) is 0.583. The maximum atomic E-state index is 11.3. The molecule has 0 unspecified atom stereocenters. The monoisotopic (exact) mass is 177 g/mol. The Bertz CT molecular complexity index is 265. The number of esters is 1. The van der Waals surface area contributed by atoms with Crippen LogP contribution in [0.5, 0.6) is 0 Å². The Balaban J connectivity index is 2.50. The molecule has 2 nitrogen and oxygen atoms in total. The van der Waals surface area contributed by atoms with Crippen molar-refractivity contribution in [1.82, 2.24) is 0 Å². The molecule has 0 bridgehead atoms. The minimum Gasteiger partial charge on any atom is -0.455 e. The zero-order chi connectivity index (χ0) is 9.68. The van der Waals surface area contributed by atoms with Crippen LogP contribution < -0.4 is 0 Å². The van der Waals surface area contributed by atoms with E-state index in [1.807, 2.05) is 32.0 Å². The first kappa shape index (κ1) is 9.78. The second-order valence-electron chi connectivity index (χ2n) is 3.15. The van der Waals surface area contributed by atoms with E-state index in [2.05, 4.69) is 0 Å². The molecule has 1 aromatic rings. The van der Waals surface area contributed by atoms with Crippen LogP contribution in [-0.4, -0.2) is 5.97 Å². The van der Waals surface area contributed by atoms with Crippen LogP contribution in [0.3, 0.4) is 0 Å². The fourth-order valence-electron chi connectivity index (χ4n) is 0.840. The lowest BCUT2D eigenvalue weighted by molar-refractivity contribution is 0.0577. The van der Waals surface area contributed by atoms with E-state index in [1.165, 1.54) is 6.61 Å². The molecule has 69 valence electrons. The minimum atomic E-state index is -0.297. The van der Waals surface area contributed by atoms with Gasteiger partial charge in [0.2, 0.25) is 0 Å². The van der Waals surface area contributed by atoms with E-state index < -0.39 is 0 Å². The summed E-state index contributed by atoms with van der Waals surface area (Å²) >= 11 is 0. The molecule has 0 aliphatic carbocycles. The van der Waals surface area contributed by atoms with Gasteiger partial charge in [-0.3, -0.25) is 0 Å². The lowest BCUT2D eigenvalue weighted by Crippen LogP contribution is -2.05. The molecule has 0 fully saturated rings. The van der Waals surface area contributed by atoms with E-state index in [0.29, 0.717) is 5.56 Å². The zero-order valence-electron chi connectivity index (χ0n) is 7.86. The highest BCUT2D eigenvalue weighted by atomic mass is 16.5. The van der Waals surface area contributed by atoms with Gasteiger partial charge >= 0.3 is 5.97 Å². The Hall–Kier alpha value is -1.31. The van der Waals surface area contributed by atoms with Gasteiger partial charge in [0.15, 0.2) is 0 Å². The Labute approximate surface area is 78.5 Å². The van der Waals surface area contributed by atoms with Gasteiger partial charge in [0.1, 0.15) is 6.61 Å². The normalized spacial score (nSPS) is 10.1. The number of rotatable bonds is 3. The summed E-state index contributed by atoms with van der Waals surface area (Å²) in [6.45, 7) is 5.45. The molecule has 0 amide bonds. The van der Waals surface area contributed by atoms with Crippen LogP contribution in [-0.2, 0) is 4.74 Å². The van der Waals surface area contributed by atoms with Crippen LogP contribution in [0, 0.1) is 12.5 Å². The van der Waals surface area contributed by atoms with Gasteiger partial charge in [-0.05, 0) is 18.1 Å². The molecule has 0 N–H and O–H groups in total. The van der Waals surface area contributed by atoms with Gasteiger partial charge in [-0.2, -0.15) is 0 Å². The summed E-state index contributed by atoms with van der Waals surface area (Å²) in [6.07, 6.45) is 0. The molecular formula is C11H13O2. The van der Waals surface area contributed by atoms with Gasteiger partial charge in [0.25, 0.3) is 0 Å². The first-order chi connectivity index (χ1) is 6.20. The molecule has 0 atom stereocenters. The SMILES string of the molecule is CC(C)[CH]OC(=O)c1ccccc1. The fraction of sp³-hybridized carbons (Fsp3) is 0.273. The molecule has 0 aromatic heterocycles. The van der Waals surface area contributed by atoms with Crippen molar-refractivity contribution in [3.05, 3.63) is 42.5 Å². The third-order valence-corrected chi connectivity index (χ3v) is 1.46. The lowest BCUT2D eigenvalue weighted by atomic mass is 10.2. The molecule has 1 radical (unpaired) electrons. The average Bonchev–Trinajstić information content (AvgIpc) is 2.15. The van der Waals surface area contributed by atoms with E-state index in [9.17, 15) is 4.79 Å². The average molecular weight is 177 g/mol. The number of benzene rings is 1. The van der Waals surface area contributed by atoms with E-state index in [0.717, 1.165) is 0 Å². The van der Waals surface area contributed by atoms with Crippen LogP contribution in [0.15, 0.2) is 30.3 Å². The topological polar surface area (TPSA) is 26.3 Å². The maximum absolute atomic E-state index is 11.3. The van der Waals surface area contributed by atoms with Crippen molar-refractivity contribution in [2.45, 2.75) is 13.8 Å². The van der Waals surface area contributed by atoms with Gasteiger partial charge in [-0.1, -0.05) is 32.0 Å². The van der Waals surface area contributed by atoms with E-state index >= 15 is 0 Å². The Morgan fingerprint density at radius 1 is 1.31 bits per heavy atom. The van der Waals surface area contributed by atoms with Crippen LogP contribution in [0.1, 0.15) is 24.2 Å². The maximum Gasteiger partial charge on any atom is 0.338 e. The highest BCUT2D eigenvalue weighted by Crippen LogP contribution is 2.05. The quantitative estimate of drug-likeness (QED) is 0.663. The predicted molar refractivity (Wildman–Crippen MR) is 51.0 cm³/mol. The molecule has 2 heteroatoms. The first-order valence-corrected chi connectivity index (χ1v) is 4.29. The Morgan fingerprint density at radius 3 is 2.46 bits per heavy atom. The third kappa shape index (κ3) is 3.28. The van der Waals surface area contributed by atoms with Gasteiger partial charge in [0, 0.05) is 0 Å². The zero-order valence-corrected chi connectivity index (χ0v) is 7.86. The molecule has 0 saturated carbocycles. The van der Waals surface area contributed by atoms with Gasteiger partial charge in [0.05, 0.1) is 5.56 Å². The number of hydrogen-bond acceptors (Lipinski definition) is 2. The molecule has 1 rings (SSSR count). The fourth-order valence-corrected chi connectivity index (χ4v) is 0.840. The number of carbonyl (C=O) groups excluding carboxylic acids is 1. The predicted octanol–water partition coefficient (Wildman–Crippen LogP) is 2.66. The summed E-state index contributed by atoms with van der Waals surface area (Å²) in [5.74, 6) is -0.0398. The third-order valence-electron chi connectivity index (χ3n) is 1.46. The van der Waals surface area contributed by atoms with Gasteiger partial charge < -0.3 is 4.74 Å². The standard InChI is InChI=1S/C11H13O2/c1-9(2)8-13-11(12)10-6-4-3-5-7-10/h3-9H,1-2H3. The van der Waals surface area contributed by atoms with Crippen LogP contribution in [0.25, 0.3) is 0 Å². The second kappa shape index (κ2) is 4.65. The van der Waals surface area contributed by atoms with Crippen molar-refractivity contribution < 1.29 is 9.53 Å². The van der Waals surface area contributed by atoms with Crippen molar-refractivity contribution in [2.24, 2.45) is 5.92 Å². The Morgan fingerprint density at radius 2 is 1.92 bits per heavy atom. The summed E-state index contributed by atoms with van der Waals surface area (Å²) in [5, 5.41) is 0. The lowest BCUT2D eigenvalue weighted by Gasteiger charge is -2.05. The molecule has 13 heavy (non-hydrogen) atoms. The number of ether oxygens (including phenoxy) is 1. The largest absolute Gasteiger partial charge is 0.455 e.